The second kappa shape index (κ2) is 8.93. The topological polar surface area (TPSA) is 96.2 Å². The molecule has 158 valence electrons. The van der Waals surface area contributed by atoms with Gasteiger partial charge in [-0.3, -0.25) is 9.59 Å². The van der Waals surface area contributed by atoms with Crippen molar-refractivity contribution in [2.24, 2.45) is 5.92 Å². The number of nitrogens with zero attached hydrogens (tertiary/aromatic N) is 2. The summed E-state index contributed by atoms with van der Waals surface area (Å²) in [5.41, 5.74) is -2.25. The van der Waals surface area contributed by atoms with Gasteiger partial charge in [-0.1, -0.05) is 12.1 Å². The number of hydrogen-bond donors (Lipinski definition) is 3. The Morgan fingerprint density at radius 2 is 2.03 bits per heavy atom. The lowest BCUT2D eigenvalue weighted by Gasteiger charge is -2.17. The summed E-state index contributed by atoms with van der Waals surface area (Å²) in [6.07, 6.45) is -5.25. The lowest BCUT2D eigenvalue weighted by atomic mass is 10.1. The molecule has 0 bridgehead atoms. The number of aliphatic hydroxyl groups excluding tert-OH is 1. The SMILES string of the molecule is Cc1cc(=O)c(C(=O)NCC2CNCC2O)nn1-c1ccccc1C(F)(F)F.Cl. The summed E-state index contributed by atoms with van der Waals surface area (Å²) < 4.78 is 40.9. The maximum atomic E-state index is 13.3. The van der Waals surface area contributed by atoms with Crippen LogP contribution in [0.3, 0.4) is 0 Å². The number of carbonyl (C=O) groups is 1. The number of alkyl halides is 3. The van der Waals surface area contributed by atoms with Crippen LogP contribution in [0.15, 0.2) is 35.1 Å². The summed E-state index contributed by atoms with van der Waals surface area (Å²) in [6, 6.07) is 5.86. The van der Waals surface area contributed by atoms with Gasteiger partial charge in [0.05, 0.1) is 17.4 Å². The third kappa shape index (κ3) is 4.95. The van der Waals surface area contributed by atoms with E-state index in [-0.39, 0.29) is 36.3 Å². The molecule has 0 saturated carbocycles. The number of para-hydroxylation sites is 1. The molecule has 1 aliphatic heterocycles. The highest BCUT2D eigenvalue weighted by atomic mass is 35.5. The van der Waals surface area contributed by atoms with E-state index in [2.05, 4.69) is 15.7 Å². The highest BCUT2D eigenvalue weighted by molar-refractivity contribution is 5.92. The Kier molecular flexibility index (Phi) is 7.04. The molecule has 2 unspecified atom stereocenters. The van der Waals surface area contributed by atoms with Gasteiger partial charge < -0.3 is 15.7 Å². The van der Waals surface area contributed by atoms with Crippen molar-refractivity contribution in [3.05, 3.63) is 57.5 Å². The Hall–Kier alpha value is -2.43. The quantitative estimate of drug-likeness (QED) is 0.676. The Labute approximate surface area is 170 Å². The second-order valence-electron chi connectivity index (χ2n) is 6.62. The molecule has 2 atom stereocenters. The molecule has 1 aromatic heterocycles. The predicted molar refractivity (Wildman–Crippen MR) is 102 cm³/mol. The minimum atomic E-state index is -4.62. The number of aryl methyl sites for hydroxylation is 1. The molecule has 2 aromatic rings. The number of rotatable bonds is 4. The van der Waals surface area contributed by atoms with Gasteiger partial charge in [-0.2, -0.15) is 18.3 Å². The van der Waals surface area contributed by atoms with Crippen LogP contribution in [0.4, 0.5) is 13.2 Å². The number of amides is 1. The highest BCUT2D eigenvalue weighted by Crippen LogP contribution is 2.33. The third-order valence-electron chi connectivity index (χ3n) is 4.59. The number of carbonyl (C=O) groups excluding carboxylic acids is 1. The fraction of sp³-hybridized carbons (Fsp3) is 0.389. The van der Waals surface area contributed by atoms with E-state index in [1.807, 2.05) is 0 Å². The van der Waals surface area contributed by atoms with Gasteiger partial charge in [0.15, 0.2) is 5.69 Å². The van der Waals surface area contributed by atoms with Gasteiger partial charge in [0.25, 0.3) is 5.91 Å². The van der Waals surface area contributed by atoms with E-state index in [0.717, 1.165) is 16.8 Å². The smallest absolute Gasteiger partial charge is 0.391 e. The molecule has 0 aliphatic carbocycles. The van der Waals surface area contributed by atoms with E-state index in [4.69, 9.17) is 0 Å². The number of β-amino-alcohol motifs (C(OH)–C–C–N with tert-alkyl or cyclic N) is 1. The molecule has 0 spiro atoms. The second-order valence-corrected chi connectivity index (χ2v) is 6.62. The van der Waals surface area contributed by atoms with Crippen LogP contribution >= 0.6 is 12.4 Å². The third-order valence-corrected chi connectivity index (χ3v) is 4.59. The Morgan fingerprint density at radius 3 is 2.66 bits per heavy atom. The molecule has 3 N–H and O–H groups in total. The first-order valence-corrected chi connectivity index (χ1v) is 8.63. The summed E-state index contributed by atoms with van der Waals surface area (Å²) in [5.74, 6) is -1.02. The van der Waals surface area contributed by atoms with Crippen molar-refractivity contribution in [3.8, 4) is 5.69 Å². The molecule has 29 heavy (non-hydrogen) atoms. The van der Waals surface area contributed by atoms with E-state index < -0.39 is 34.9 Å². The molecule has 3 rings (SSSR count). The largest absolute Gasteiger partial charge is 0.418 e. The summed E-state index contributed by atoms with van der Waals surface area (Å²) in [6.45, 7) is 2.46. The minimum Gasteiger partial charge on any atom is -0.391 e. The zero-order valence-electron chi connectivity index (χ0n) is 15.4. The average Bonchev–Trinajstić information content (AvgIpc) is 3.04. The lowest BCUT2D eigenvalue weighted by molar-refractivity contribution is -0.137. The predicted octanol–water partition coefficient (Wildman–Crippen LogP) is 1.29. The van der Waals surface area contributed by atoms with E-state index >= 15 is 0 Å². The molecule has 1 aromatic carbocycles. The minimum absolute atomic E-state index is 0. The normalized spacial score (nSPS) is 18.9. The molecule has 11 heteroatoms. The fourth-order valence-electron chi connectivity index (χ4n) is 3.08. The standard InChI is InChI=1S/C18H19F3N4O3.ClH/c1-10-6-14(26)16(17(28)23-8-11-7-22-9-15(11)27)24-25(10)13-5-3-2-4-12(13)18(19,20)21;/h2-6,11,15,22,27H,7-9H2,1H3,(H,23,28);1H. The summed E-state index contributed by atoms with van der Waals surface area (Å²) in [4.78, 5) is 24.6. The fourth-order valence-corrected chi connectivity index (χ4v) is 3.08. The first-order valence-electron chi connectivity index (χ1n) is 8.63. The first-order chi connectivity index (χ1) is 13.2. The van der Waals surface area contributed by atoms with Crippen molar-refractivity contribution in [1.82, 2.24) is 20.4 Å². The van der Waals surface area contributed by atoms with Crippen molar-refractivity contribution in [2.45, 2.75) is 19.2 Å². The highest BCUT2D eigenvalue weighted by Gasteiger charge is 2.34. The van der Waals surface area contributed by atoms with Crippen molar-refractivity contribution < 1.29 is 23.1 Å². The molecule has 7 nitrogen and oxygen atoms in total. The molecule has 1 amide bonds. The maximum Gasteiger partial charge on any atom is 0.418 e. The molecule has 1 saturated heterocycles. The lowest BCUT2D eigenvalue weighted by Crippen LogP contribution is -2.37. The number of halogens is 4. The van der Waals surface area contributed by atoms with E-state index in [1.165, 1.54) is 25.1 Å². The monoisotopic (exact) mass is 432 g/mol. The van der Waals surface area contributed by atoms with Crippen LogP contribution in [0.2, 0.25) is 0 Å². The Balaban J connectivity index is 0.00000300. The summed E-state index contributed by atoms with van der Waals surface area (Å²) in [7, 11) is 0. The molecule has 1 aliphatic rings. The molecule has 2 heterocycles. The zero-order valence-corrected chi connectivity index (χ0v) is 16.2. The Morgan fingerprint density at radius 1 is 1.34 bits per heavy atom. The van der Waals surface area contributed by atoms with Crippen LogP contribution in [0.25, 0.3) is 5.69 Å². The molecular formula is C18H20ClF3N4O3. The van der Waals surface area contributed by atoms with Crippen LogP contribution < -0.4 is 16.1 Å². The number of nitrogens with one attached hydrogen (secondary N) is 2. The number of benzene rings is 1. The average molecular weight is 433 g/mol. The Bertz CT molecular complexity index is 949. The van der Waals surface area contributed by atoms with Gasteiger partial charge in [0.2, 0.25) is 5.43 Å². The molecule has 1 fully saturated rings. The van der Waals surface area contributed by atoms with Crippen molar-refractivity contribution in [2.75, 3.05) is 19.6 Å². The number of aliphatic hydroxyl groups is 1. The van der Waals surface area contributed by atoms with Gasteiger partial charge in [-0.05, 0) is 19.1 Å². The summed E-state index contributed by atoms with van der Waals surface area (Å²) in [5, 5.41) is 19.1. The van der Waals surface area contributed by atoms with E-state index in [0.29, 0.717) is 13.1 Å². The van der Waals surface area contributed by atoms with Crippen molar-refractivity contribution in [1.29, 1.82) is 0 Å². The number of hydrogen-bond acceptors (Lipinski definition) is 5. The zero-order chi connectivity index (χ0) is 20.5. The molecular weight excluding hydrogens is 413 g/mol. The van der Waals surface area contributed by atoms with E-state index in [1.54, 1.807) is 0 Å². The van der Waals surface area contributed by atoms with Crippen LogP contribution in [0, 0.1) is 12.8 Å². The van der Waals surface area contributed by atoms with E-state index in [9.17, 15) is 27.9 Å². The maximum absolute atomic E-state index is 13.3. The van der Waals surface area contributed by atoms with Gasteiger partial charge >= 0.3 is 6.18 Å². The number of aromatic nitrogens is 2. The van der Waals surface area contributed by atoms with Gasteiger partial charge in [-0.25, -0.2) is 4.68 Å². The van der Waals surface area contributed by atoms with Gasteiger partial charge in [-0.15, -0.1) is 12.4 Å². The summed E-state index contributed by atoms with van der Waals surface area (Å²) >= 11 is 0. The van der Waals surface area contributed by atoms with Crippen LogP contribution in [-0.2, 0) is 6.18 Å². The van der Waals surface area contributed by atoms with Crippen LogP contribution in [0.5, 0.6) is 0 Å². The van der Waals surface area contributed by atoms with Crippen LogP contribution in [0.1, 0.15) is 21.7 Å². The van der Waals surface area contributed by atoms with Crippen molar-refractivity contribution in [3.63, 3.8) is 0 Å². The van der Waals surface area contributed by atoms with Crippen LogP contribution in [-0.4, -0.2) is 46.5 Å². The van der Waals surface area contributed by atoms with Gasteiger partial charge in [0.1, 0.15) is 0 Å². The molecule has 0 radical (unpaired) electrons. The first kappa shape index (κ1) is 22.9. The van der Waals surface area contributed by atoms with Gasteiger partial charge in [0, 0.05) is 37.3 Å². The van der Waals surface area contributed by atoms with Crippen molar-refractivity contribution >= 4 is 18.3 Å².